The number of methoxy groups -OCH3 is 1. The molecule has 0 radical (unpaired) electrons. The Balaban J connectivity index is 1.62. The van der Waals surface area contributed by atoms with Gasteiger partial charge in [0.2, 0.25) is 0 Å². The van der Waals surface area contributed by atoms with E-state index in [1.807, 2.05) is 26.1 Å². The lowest BCUT2D eigenvalue weighted by molar-refractivity contribution is 0.0341. The predicted molar refractivity (Wildman–Crippen MR) is 164 cm³/mol. The number of carbonyl (C=O) groups excluding carboxylic acids is 1. The van der Waals surface area contributed by atoms with E-state index in [9.17, 15) is 18.3 Å². The highest BCUT2D eigenvalue weighted by Gasteiger charge is 2.34. The molecule has 0 saturated heterocycles. The Bertz CT molecular complexity index is 1520. The van der Waals surface area contributed by atoms with Crippen LogP contribution in [0.1, 0.15) is 29.8 Å². The molecule has 0 fully saturated rings. The molecule has 0 unspecified atom stereocenters. The monoisotopic (exact) mass is 635 g/mol. The Morgan fingerprint density at radius 3 is 2.48 bits per heavy atom. The molecule has 2 N–H and O–H groups in total. The topological polar surface area (TPSA) is 108 Å². The summed E-state index contributed by atoms with van der Waals surface area (Å²) in [6, 6.07) is 15.7. The highest BCUT2D eigenvalue weighted by Crippen LogP contribution is 2.32. The van der Waals surface area contributed by atoms with Crippen molar-refractivity contribution < 1.29 is 27.8 Å². The molecule has 3 aromatic carbocycles. The van der Waals surface area contributed by atoms with Crippen molar-refractivity contribution in [3.8, 4) is 11.5 Å². The normalized spacial score (nSPS) is 18.1. The first-order valence-corrected chi connectivity index (χ1v) is 15.7. The first kappa shape index (κ1) is 31.9. The molecule has 9 nitrogen and oxygen atoms in total. The Labute approximate surface area is 257 Å². The molecule has 1 amide bonds. The third-order valence-electron chi connectivity index (χ3n) is 7.21. The smallest absolute Gasteiger partial charge is 0.261 e. The quantitative estimate of drug-likeness (QED) is 0.317. The number of ether oxygens (including phenoxy) is 2. The molecule has 4 rings (SSSR count). The molecule has 0 saturated carbocycles. The molecule has 1 aliphatic rings. The van der Waals surface area contributed by atoms with E-state index in [1.165, 1.54) is 25.3 Å². The molecule has 3 atom stereocenters. The van der Waals surface area contributed by atoms with Crippen LogP contribution in [-0.4, -0.2) is 75.2 Å². The fourth-order valence-electron chi connectivity index (χ4n) is 4.79. The lowest BCUT2D eigenvalue weighted by Gasteiger charge is -2.38. The Morgan fingerprint density at radius 1 is 1.12 bits per heavy atom. The van der Waals surface area contributed by atoms with Gasteiger partial charge in [0.1, 0.15) is 17.6 Å². The van der Waals surface area contributed by atoms with Gasteiger partial charge >= 0.3 is 0 Å². The van der Waals surface area contributed by atoms with Gasteiger partial charge in [-0.3, -0.25) is 14.4 Å². The molecule has 12 heteroatoms. The van der Waals surface area contributed by atoms with E-state index in [1.54, 1.807) is 42.2 Å². The summed E-state index contributed by atoms with van der Waals surface area (Å²) in [5.74, 6) is 0.427. The zero-order valence-corrected chi connectivity index (χ0v) is 26.2. The first-order chi connectivity index (χ1) is 19.9. The van der Waals surface area contributed by atoms with E-state index in [0.29, 0.717) is 41.2 Å². The van der Waals surface area contributed by atoms with E-state index in [-0.39, 0.29) is 40.7 Å². The van der Waals surface area contributed by atoms with Crippen molar-refractivity contribution in [1.82, 2.24) is 9.80 Å². The van der Waals surface area contributed by atoms with Crippen LogP contribution in [0.5, 0.6) is 11.5 Å². The van der Waals surface area contributed by atoms with Gasteiger partial charge in [0.05, 0.1) is 40.3 Å². The minimum absolute atomic E-state index is 0.0482. The van der Waals surface area contributed by atoms with Crippen molar-refractivity contribution in [3.63, 3.8) is 0 Å². The van der Waals surface area contributed by atoms with Crippen LogP contribution in [0.4, 0.5) is 5.69 Å². The summed E-state index contributed by atoms with van der Waals surface area (Å²) in [5.41, 5.74) is 1.40. The molecule has 0 aliphatic carbocycles. The van der Waals surface area contributed by atoms with Gasteiger partial charge in [-0.2, -0.15) is 0 Å². The molecule has 0 spiro atoms. The number of hydrogen-bond acceptors (Lipinski definition) is 7. The van der Waals surface area contributed by atoms with Crippen molar-refractivity contribution in [3.05, 3.63) is 81.8 Å². The first-order valence-electron chi connectivity index (χ1n) is 13.4. The van der Waals surface area contributed by atoms with Crippen LogP contribution in [0.2, 0.25) is 10.0 Å². The predicted octanol–water partition coefficient (Wildman–Crippen LogP) is 5.15. The lowest BCUT2D eigenvalue weighted by Crippen LogP contribution is -2.49. The molecule has 3 aromatic rings. The number of hydrogen-bond donors (Lipinski definition) is 2. The van der Waals surface area contributed by atoms with Crippen LogP contribution in [0.15, 0.2) is 65.6 Å². The second-order valence-electron chi connectivity index (χ2n) is 10.6. The number of benzene rings is 3. The van der Waals surface area contributed by atoms with Gasteiger partial charge in [0.15, 0.2) is 0 Å². The third-order valence-corrected chi connectivity index (χ3v) is 9.35. The zero-order chi connectivity index (χ0) is 30.6. The van der Waals surface area contributed by atoms with Gasteiger partial charge in [0, 0.05) is 31.2 Å². The van der Waals surface area contributed by atoms with Gasteiger partial charge < -0.3 is 19.5 Å². The second-order valence-corrected chi connectivity index (χ2v) is 13.1. The Morgan fingerprint density at radius 2 is 1.83 bits per heavy atom. The molecule has 0 aromatic heterocycles. The number of aliphatic hydroxyl groups excluding tert-OH is 1. The average molecular weight is 637 g/mol. The van der Waals surface area contributed by atoms with Gasteiger partial charge in [-0.25, -0.2) is 8.42 Å². The number of nitrogens with one attached hydrogen (secondary N) is 1. The number of rotatable bonds is 10. The van der Waals surface area contributed by atoms with Crippen molar-refractivity contribution in [2.45, 2.75) is 37.4 Å². The number of fused-ring (bicyclic) bond motifs is 1. The van der Waals surface area contributed by atoms with Gasteiger partial charge in [-0.15, -0.1) is 0 Å². The lowest BCUT2D eigenvalue weighted by atomic mass is 9.99. The van der Waals surface area contributed by atoms with Gasteiger partial charge in [-0.05, 0) is 74.1 Å². The fraction of sp³-hybridized carbons (Fsp3) is 0.367. The number of halogens is 2. The number of aliphatic hydroxyl groups is 1. The summed E-state index contributed by atoms with van der Waals surface area (Å²) in [5, 5.41) is 10.9. The van der Waals surface area contributed by atoms with Crippen LogP contribution >= 0.6 is 23.2 Å². The maximum atomic E-state index is 13.7. The van der Waals surface area contributed by atoms with Crippen LogP contribution < -0.4 is 14.2 Å². The second kappa shape index (κ2) is 13.5. The van der Waals surface area contributed by atoms with Crippen LogP contribution in [0.3, 0.4) is 0 Å². The standard InChI is InChI=1S/C30H35Cl2N3O6S/c1-19-15-35(20(2)18-36)30(37)25-14-22(33-42(38,39)24-9-7-23(40-4)8-10-24)6-12-28(25)41-29(19)17-34(3)16-21-5-11-26(31)27(32)13-21/h5-14,19-20,29,33,36H,15-18H2,1-4H3/t19-,20-,29+/m0/s1. The number of likely N-dealkylation sites (N-methyl/N-ethyl adjacent to an activating group) is 1. The number of sulfonamides is 1. The van der Waals surface area contributed by atoms with Gasteiger partial charge in [-0.1, -0.05) is 36.2 Å². The molecule has 1 heterocycles. The van der Waals surface area contributed by atoms with Crippen LogP contribution in [0, 0.1) is 5.92 Å². The zero-order valence-electron chi connectivity index (χ0n) is 23.9. The maximum absolute atomic E-state index is 13.7. The molecular weight excluding hydrogens is 601 g/mol. The maximum Gasteiger partial charge on any atom is 0.261 e. The summed E-state index contributed by atoms with van der Waals surface area (Å²) in [6.45, 7) is 5.02. The fourth-order valence-corrected chi connectivity index (χ4v) is 6.16. The summed E-state index contributed by atoms with van der Waals surface area (Å²) < 4.78 is 40.2. The molecule has 0 bridgehead atoms. The summed E-state index contributed by atoms with van der Waals surface area (Å²) in [6.07, 6.45) is -0.320. The highest BCUT2D eigenvalue weighted by atomic mass is 35.5. The largest absolute Gasteiger partial charge is 0.497 e. The van der Waals surface area contributed by atoms with E-state index in [2.05, 4.69) is 9.62 Å². The van der Waals surface area contributed by atoms with E-state index < -0.39 is 16.1 Å². The molecular formula is C30H35Cl2N3O6S. The van der Waals surface area contributed by atoms with Crippen LogP contribution in [-0.2, 0) is 16.6 Å². The minimum atomic E-state index is -3.94. The Kier molecular flexibility index (Phi) is 10.3. The Hall–Kier alpha value is -3.02. The highest BCUT2D eigenvalue weighted by molar-refractivity contribution is 7.92. The number of carbonyl (C=O) groups is 1. The van der Waals surface area contributed by atoms with E-state index in [4.69, 9.17) is 32.7 Å². The van der Waals surface area contributed by atoms with Crippen LogP contribution in [0.25, 0.3) is 0 Å². The third kappa shape index (κ3) is 7.48. The summed E-state index contributed by atoms with van der Waals surface area (Å²) >= 11 is 12.3. The summed E-state index contributed by atoms with van der Waals surface area (Å²) in [4.78, 5) is 17.5. The van der Waals surface area contributed by atoms with Crippen molar-refractivity contribution >= 4 is 44.8 Å². The minimum Gasteiger partial charge on any atom is -0.497 e. The van der Waals surface area contributed by atoms with Crippen molar-refractivity contribution in [2.75, 3.05) is 38.6 Å². The van der Waals surface area contributed by atoms with E-state index in [0.717, 1.165) is 5.56 Å². The number of amides is 1. The van der Waals surface area contributed by atoms with E-state index >= 15 is 0 Å². The molecule has 226 valence electrons. The van der Waals surface area contributed by atoms with Crippen molar-refractivity contribution in [1.29, 1.82) is 0 Å². The van der Waals surface area contributed by atoms with Gasteiger partial charge in [0.25, 0.3) is 15.9 Å². The summed E-state index contributed by atoms with van der Waals surface area (Å²) in [7, 11) is -0.474. The molecule has 1 aliphatic heterocycles. The average Bonchev–Trinajstić information content (AvgIpc) is 2.96. The van der Waals surface area contributed by atoms with Crippen molar-refractivity contribution in [2.24, 2.45) is 5.92 Å². The SMILES string of the molecule is COc1ccc(S(=O)(=O)Nc2ccc3c(c2)C(=O)N([C@@H](C)CO)C[C@H](C)[C@@H](CN(C)Cc2ccc(Cl)c(Cl)c2)O3)cc1. The molecule has 42 heavy (non-hydrogen) atoms. The number of anilines is 1. The number of nitrogens with zero attached hydrogens (tertiary/aromatic N) is 2.